The second-order valence-electron chi connectivity index (χ2n) is 4.73. The van der Waals surface area contributed by atoms with Gasteiger partial charge in [0.05, 0.1) is 0 Å². The standard InChI is InChI=1S/C13H16ClF2N/c1-10-2-3-12(14)11(8-10)9-17-6-4-13(15,16)5-7-17/h2-3,8H,4-7,9H2,1H3. The summed E-state index contributed by atoms with van der Waals surface area (Å²) < 4.78 is 26.0. The summed E-state index contributed by atoms with van der Waals surface area (Å²) in [6.07, 6.45) is -0.0904. The predicted molar refractivity (Wildman–Crippen MR) is 65.6 cm³/mol. The Morgan fingerprint density at radius 1 is 1.29 bits per heavy atom. The number of piperidine rings is 1. The molecule has 0 amide bonds. The average molecular weight is 260 g/mol. The third kappa shape index (κ3) is 3.39. The van der Waals surface area contributed by atoms with Crippen LogP contribution in [0.25, 0.3) is 0 Å². The largest absolute Gasteiger partial charge is 0.299 e. The van der Waals surface area contributed by atoms with Gasteiger partial charge in [-0.3, -0.25) is 4.90 Å². The van der Waals surface area contributed by atoms with Crippen molar-refractivity contribution in [2.24, 2.45) is 0 Å². The van der Waals surface area contributed by atoms with E-state index in [1.165, 1.54) is 0 Å². The van der Waals surface area contributed by atoms with Gasteiger partial charge >= 0.3 is 0 Å². The Morgan fingerprint density at radius 2 is 1.94 bits per heavy atom. The molecule has 0 unspecified atom stereocenters. The van der Waals surface area contributed by atoms with E-state index < -0.39 is 5.92 Å². The molecule has 1 aromatic rings. The molecule has 0 aromatic heterocycles. The molecule has 1 aliphatic rings. The Balaban J connectivity index is 2.00. The van der Waals surface area contributed by atoms with Crippen molar-refractivity contribution in [3.8, 4) is 0 Å². The van der Waals surface area contributed by atoms with E-state index >= 15 is 0 Å². The highest BCUT2D eigenvalue weighted by molar-refractivity contribution is 6.31. The van der Waals surface area contributed by atoms with Crippen LogP contribution in [0, 0.1) is 6.92 Å². The van der Waals surface area contributed by atoms with Crippen LogP contribution in [0.2, 0.25) is 5.02 Å². The lowest BCUT2D eigenvalue weighted by atomic mass is 10.1. The fourth-order valence-corrected chi connectivity index (χ4v) is 2.28. The van der Waals surface area contributed by atoms with E-state index in [1.807, 2.05) is 30.0 Å². The molecule has 0 atom stereocenters. The molecule has 0 aliphatic carbocycles. The van der Waals surface area contributed by atoms with Crippen LogP contribution in [0.5, 0.6) is 0 Å². The third-order valence-corrected chi connectivity index (χ3v) is 3.55. The zero-order valence-corrected chi connectivity index (χ0v) is 10.6. The van der Waals surface area contributed by atoms with Crippen LogP contribution in [0.3, 0.4) is 0 Å². The highest BCUT2D eigenvalue weighted by Crippen LogP contribution is 2.29. The van der Waals surface area contributed by atoms with E-state index in [1.54, 1.807) is 0 Å². The summed E-state index contributed by atoms with van der Waals surface area (Å²) >= 11 is 6.10. The molecule has 2 rings (SSSR count). The minimum absolute atomic E-state index is 0.0452. The lowest BCUT2D eigenvalue weighted by molar-refractivity contribution is -0.0566. The molecule has 1 heterocycles. The lowest BCUT2D eigenvalue weighted by Gasteiger charge is -2.31. The van der Waals surface area contributed by atoms with Gasteiger partial charge in [0.15, 0.2) is 0 Å². The van der Waals surface area contributed by atoms with Crippen molar-refractivity contribution in [3.63, 3.8) is 0 Å². The van der Waals surface area contributed by atoms with Gasteiger partial charge in [-0.25, -0.2) is 8.78 Å². The summed E-state index contributed by atoms with van der Waals surface area (Å²) in [6.45, 7) is 3.55. The van der Waals surface area contributed by atoms with Crippen molar-refractivity contribution < 1.29 is 8.78 Å². The second kappa shape index (κ2) is 4.91. The van der Waals surface area contributed by atoms with Crippen LogP contribution >= 0.6 is 11.6 Å². The summed E-state index contributed by atoms with van der Waals surface area (Å²) in [7, 11) is 0. The first-order valence-electron chi connectivity index (χ1n) is 5.81. The van der Waals surface area contributed by atoms with Gasteiger partial charge in [0, 0.05) is 37.5 Å². The summed E-state index contributed by atoms with van der Waals surface area (Å²) in [5, 5.41) is 0.716. The zero-order chi connectivity index (χ0) is 12.5. The van der Waals surface area contributed by atoms with Gasteiger partial charge in [-0.05, 0) is 18.6 Å². The van der Waals surface area contributed by atoms with E-state index in [9.17, 15) is 8.78 Å². The van der Waals surface area contributed by atoms with Gasteiger partial charge in [-0.1, -0.05) is 29.3 Å². The van der Waals surface area contributed by atoms with E-state index in [0.29, 0.717) is 24.7 Å². The molecule has 0 bridgehead atoms. The number of hydrogen-bond acceptors (Lipinski definition) is 1. The Morgan fingerprint density at radius 3 is 2.59 bits per heavy atom. The third-order valence-electron chi connectivity index (χ3n) is 3.18. The first-order valence-corrected chi connectivity index (χ1v) is 6.19. The second-order valence-corrected chi connectivity index (χ2v) is 5.13. The number of benzene rings is 1. The highest BCUT2D eigenvalue weighted by Gasteiger charge is 2.33. The minimum atomic E-state index is -2.48. The topological polar surface area (TPSA) is 3.24 Å². The molecule has 1 fully saturated rings. The predicted octanol–water partition coefficient (Wildman–Crippen LogP) is 3.88. The molecule has 0 radical (unpaired) electrons. The van der Waals surface area contributed by atoms with Crippen molar-refractivity contribution in [2.45, 2.75) is 32.2 Å². The lowest BCUT2D eigenvalue weighted by Crippen LogP contribution is -2.38. The zero-order valence-electron chi connectivity index (χ0n) is 9.85. The number of nitrogens with zero attached hydrogens (tertiary/aromatic N) is 1. The van der Waals surface area contributed by atoms with Gasteiger partial charge in [0.2, 0.25) is 0 Å². The number of alkyl halides is 2. The van der Waals surface area contributed by atoms with Crippen LogP contribution < -0.4 is 0 Å². The molecule has 0 N–H and O–H groups in total. The maximum atomic E-state index is 13.0. The van der Waals surface area contributed by atoms with Crippen LogP contribution in [0.4, 0.5) is 8.78 Å². The SMILES string of the molecule is Cc1ccc(Cl)c(CN2CCC(F)(F)CC2)c1. The molecular weight excluding hydrogens is 244 g/mol. The van der Waals surface area contributed by atoms with Crippen molar-refractivity contribution in [2.75, 3.05) is 13.1 Å². The van der Waals surface area contributed by atoms with Crippen LogP contribution in [-0.4, -0.2) is 23.9 Å². The van der Waals surface area contributed by atoms with E-state index in [0.717, 1.165) is 11.1 Å². The number of halogens is 3. The molecule has 1 aliphatic heterocycles. The fourth-order valence-electron chi connectivity index (χ4n) is 2.10. The molecule has 1 aromatic carbocycles. The monoisotopic (exact) mass is 259 g/mol. The van der Waals surface area contributed by atoms with Gasteiger partial charge in [-0.2, -0.15) is 0 Å². The molecule has 1 saturated heterocycles. The quantitative estimate of drug-likeness (QED) is 0.779. The van der Waals surface area contributed by atoms with E-state index in [-0.39, 0.29) is 12.8 Å². The molecule has 0 spiro atoms. The normalized spacial score (nSPS) is 20.5. The summed E-state index contributed by atoms with van der Waals surface area (Å²) in [5.41, 5.74) is 2.17. The number of aryl methyl sites for hydroxylation is 1. The molecule has 0 saturated carbocycles. The fraction of sp³-hybridized carbons (Fsp3) is 0.538. The van der Waals surface area contributed by atoms with Crippen LogP contribution in [0.15, 0.2) is 18.2 Å². The summed E-state index contributed by atoms with van der Waals surface area (Å²) in [6, 6.07) is 5.84. The Bertz CT molecular complexity index is 396. The maximum Gasteiger partial charge on any atom is 0.250 e. The van der Waals surface area contributed by atoms with Crippen molar-refractivity contribution >= 4 is 11.6 Å². The van der Waals surface area contributed by atoms with E-state index in [2.05, 4.69) is 0 Å². The Kier molecular flexibility index (Phi) is 3.69. The van der Waals surface area contributed by atoms with Crippen molar-refractivity contribution in [1.82, 2.24) is 4.90 Å². The Hall–Kier alpha value is -0.670. The number of hydrogen-bond donors (Lipinski definition) is 0. The molecular formula is C13H16ClF2N. The Labute approximate surface area is 105 Å². The summed E-state index contributed by atoms with van der Waals surface area (Å²) in [4.78, 5) is 2.04. The van der Waals surface area contributed by atoms with Gasteiger partial charge < -0.3 is 0 Å². The number of likely N-dealkylation sites (tertiary alicyclic amines) is 1. The first-order chi connectivity index (χ1) is 7.96. The highest BCUT2D eigenvalue weighted by atomic mass is 35.5. The molecule has 17 heavy (non-hydrogen) atoms. The maximum absolute atomic E-state index is 13.0. The van der Waals surface area contributed by atoms with Crippen LogP contribution in [-0.2, 0) is 6.54 Å². The first kappa shape index (κ1) is 12.8. The van der Waals surface area contributed by atoms with Crippen molar-refractivity contribution in [1.29, 1.82) is 0 Å². The van der Waals surface area contributed by atoms with Crippen LogP contribution in [0.1, 0.15) is 24.0 Å². The van der Waals surface area contributed by atoms with Crippen molar-refractivity contribution in [3.05, 3.63) is 34.3 Å². The number of rotatable bonds is 2. The van der Waals surface area contributed by atoms with Gasteiger partial charge in [0.25, 0.3) is 5.92 Å². The smallest absolute Gasteiger partial charge is 0.250 e. The molecule has 94 valence electrons. The summed E-state index contributed by atoms with van der Waals surface area (Å²) in [5.74, 6) is -2.48. The molecule has 4 heteroatoms. The molecule has 1 nitrogen and oxygen atoms in total. The average Bonchev–Trinajstić information content (AvgIpc) is 2.26. The van der Waals surface area contributed by atoms with Gasteiger partial charge in [-0.15, -0.1) is 0 Å². The van der Waals surface area contributed by atoms with E-state index in [4.69, 9.17) is 11.6 Å². The minimum Gasteiger partial charge on any atom is -0.299 e. The van der Waals surface area contributed by atoms with Gasteiger partial charge in [0.1, 0.15) is 0 Å².